The molecule has 4 heteroatoms. The van der Waals surface area contributed by atoms with E-state index in [1.807, 2.05) is 0 Å². The summed E-state index contributed by atoms with van der Waals surface area (Å²) < 4.78 is 0. The standard InChI is InChI=1S/C11H15NO3/c1-2-10(13)12-5-7-3-8(6-12)9(4-7)11(14)15/h2,7-9H,1,3-6H2,(H,14,15). The normalized spacial score (nSPS) is 33.9. The average molecular weight is 209 g/mol. The number of aliphatic carboxylic acids is 1. The van der Waals surface area contributed by atoms with Crippen LogP contribution in [0.3, 0.4) is 0 Å². The van der Waals surface area contributed by atoms with Gasteiger partial charge in [0, 0.05) is 13.1 Å². The molecular weight excluding hydrogens is 194 g/mol. The lowest BCUT2D eigenvalue weighted by atomic mass is 9.94. The summed E-state index contributed by atoms with van der Waals surface area (Å²) in [4.78, 5) is 24.1. The summed E-state index contributed by atoms with van der Waals surface area (Å²) in [6.45, 7) is 4.73. The Morgan fingerprint density at radius 3 is 2.67 bits per heavy atom. The van der Waals surface area contributed by atoms with Crippen LogP contribution >= 0.6 is 0 Å². The average Bonchev–Trinajstić information content (AvgIpc) is 2.52. The van der Waals surface area contributed by atoms with Crippen LogP contribution in [-0.4, -0.2) is 35.0 Å². The van der Waals surface area contributed by atoms with Crippen molar-refractivity contribution in [1.29, 1.82) is 0 Å². The summed E-state index contributed by atoms with van der Waals surface area (Å²) in [5, 5.41) is 9.02. The van der Waals surface area contributed by atoms with E-state index in [0.29, 0.717) is 19.0 Å². The first-order valence-electron chi connectivity index (χ1n) is 5.26. The number of piperidine rings is 1. The van der Waals surface area contributed by atoms with Crippen molar-refractivity contribution < 1.29 is 14.7 Å². The molecule has 2 bridgehead atoms. The Hall–Kier alpha value is -1.32. The minimum absolute atomic E-state index is 0.0734. The zero-order valence-electron chi connectivity index (χ0n) is 8.56. The molecule has 4 nitrogen and oxygen atoms in total. The van der Waals surface area contributed by atoms with Gasteiger partial charge in [-0.15, -0.1) is 0 Å². The zero-order chi connectivity index (χ0) is 11.0. The fourth-order valence-electron chi connectivity index (χ4n) is 2.87. The third-order valence-electron chi connectivity index (χ3n) is 3.53. The number of carboxylic acids is 1. The minimum atomic E-state index is -0.713. The predicted molar refractivity (Wildman–Crippen MR) is 54.1 cm³/mol. The lowest BCUT2D eigenvalue weighted by Crippen LogP contribution is -2.40. The van der Waals surface area contributed by atoms with Crippen molar-refractivity contribution in [2.45, 2.75) is 12.8 Å². The fourth-order valence-corrected chi connectivity index (χ4v) is 2.87. The Bertz CT molecular complexity index is 313. The monoisotopic (exact) mass is 209 g/mol. The highest BCUT2D eigenvalue weighted by molar-refractivity contribution is 5.87. The van der Waals surface area contributed by atoms with Gasteiger partial charge in [-0.1, -0.05) is 6.58 Å². The number of carbonyl (C=O) groups is 2. The molecule has 3 unspecified atom stereocenters. The van der Waals surface area contributed by atoms with Gasteiger partial charge in [-0.05, 0) is 30.8 Å². The lowest BCUT2D eigenvalue weighted by molar-refractivity contribution is -0.143. The number of hydrogen-bond acceptors (Lipinski definition) is 2. The highest BCUT2D eigenvalue weighted by atomic mass is 16.4. The molecule has 15 heavy (non-hydrogen) atoms. The number of carboxylic acid groups (broad SMARTS) is 1. The first-order chi connectivity index (χ1) is 7.11. The Morgan fingerprint density at radius 2 is 2.07 bits per heavy atom. The van der Waals surface area contributed by atoms with E-state index in [-0.39, 0.29) is 17.7 Å². The smallest absolute Gasteiger partial charge is 0.306 e. The number of rotatable bonds is 2. The number of likely N-dealkylation sites (tertiary alicyclic amines) is 1. The summed E-state index contributed by atoms with van der Waals surface area (Å²) in [5.74, 6) is -0.525. The van der Waals surface area contributed by atoms with Crippen molar-refractivity contribution in [1.82, 2.24) is 4.90 Å². The number of hydrogen-bond donors (Lipinski definition) is 1. The van der Waals surface area contributed by atoms with Gasteiger partial charge in [0.05, 0.1) is 5.92 Å². The molecule has 1 amide bonds. The Kier molecular flexibility index (Phi) is 2.50. The third-order valence-corrected chi connectivity index (χ3v) is 3.53. The van der Waals surface area contributed by atoms with Gasteiger partial charge < -0.3 is 10.0 Å². The topological polar surface area (TPSA) is 57.6 Å². The molecule has 0 spiro atoms. The molecule has 1 saturated heterocycles. The lowest BCUT2D eigenvalue weighted by Gasteiger charge is -2.31. The van der Waals surface area contributed by atoms with Crippen molar-refractivity contribution >= 4 is 11.9 Å². The van der Waals surface area contributed by atoms with Crippen molar-refractivity contribution in [3.63, 3.8) is 0 Å². The Balaban J connectivity index is 2.08. The van der Waals surface area contributed by atoms with Crippen LogP contribution in [0.2, 0.25) is 0 Å². The van der Waals surface area contributed by atoms with E-state index in [0.717, 1.165) is 12.8 Å². The predicted octanol–water partition coefficient (Wildman–Crippen LogP) is 0.742. The molecule has 1 aliphatic carbocycles. The zero-order valence-corrected chi connectivity index (χ0v) is 8.56. The van der Waals surface area contributed by atoms with E-state index in [4.69, 9.17) is 5.11 Å². The van der Waals surface area contributed by atoms with Gasteiger partial charge in [0.2, 0.25) is 5.91 Å². The largest absolute Gasteiger partial charge is 0.481 e. The van der Waals surface area contributed by atoms with Crippen molar-refractivity contribution in [2.24, 2.45) is 17.8 Å². The maximum atomic E-state index is 11.4. The van der Waals surface area contributed by atoms with Crippen LogP contribution < -0.4 is 0 Å². The molecule has 0 aromatic heterocycles. The summed E-state index contributed by atoms with van der Waals surface area (Å²) in [5.41, 5.74) is 0. The number of nitrogens with zero attached hydrogens (tertiary/aromatic N) is 1. The number of amides is 1. The summed E-state index contributed by atoms with van der Waals surface area (Å²) >= 11 is 0. The molecule has 1 saturated carbocycles. The SMILES string of the molecule is C=CC(=O)N1CC2CC(C1)C(C(=O)O)C2. The molecule has 3 atom stereocenters. The highest BCUT2D eigenvalue weighted by Gasteiger charge is 2.44. The Morgan fingerprint density at radius 1 is 1.33 bits per heavy atom. The van der Waals surface area contributed by atoms with Gasteiger partial charge in [0.15, 0.2) is 0 Å². The van der Waals surface area contributed by atoms with E-state index in [1.165, 1.54) is 6.08 Å². The van der Waals surface area contributed by atoms with E-state index >= 15 is 0 Å². The molecule has 1 aliphatic heterocycles. The maximum Gasteiger partial charge on any atom is 0.306 e. The van der Waals surface area contributed by atoms with Gasteiger partial charge in [-0.3, -0.25) is 9.59 Å². The minimum Gasteiger partial charge on any atom is -0.481 e. The van der Waals surface area contributed by atoms with Gasteiger partial charge >= 0.3 is 5.97 Å². The summed E-state index contributed by atoms with van der Waals surface area (Å²) in [7, 11) is 0. The van der Waals surface area contributed by atoms with Crippen LogP contribution in [0.25, 0.3) is 0 Å². The second-order valence-corrected chi connectivity index (χ2v) is 4.49. The van der Waals surface area contributed by atoms with Crippen molar-refractivity contribution in [3.05, 3.63) is 12.7 Å². The van der Waals surface area contributed by atoms with E-state index < -0.39 is 5.97 Å². The van der Waals surface area contributed by atoms with Gasteiger partial charge in [-0.2, -0.15) is 0 Å². The Labute approximate surface area is 88.6 Å². The van der Waals surface area contributed by atoms with E-state index in [2.05, 4.69) is 6.58 Å². The van der Waals surface area contributed by atoms with E-state index in [9.17, 15) is 9.59 Å². The first kappa shape index (κ1) is 10.2. The molecule has 1 heterocycles. The number of carbonyl (C=O) groups excluding carboxylic acids is 1. The molecule has 0 aromatic rings. The van der Waals surface area contributed by atoms with Crippen LogP contribution in [0.15, 0.2) is 12.7 Å². The van der Waals surface area contributed by atoms with E-state index in [1.54, 1.807) is 4.90 Å². The first-order valence-corrected chi connectivity index (χ1v) is 5.26. The van der Waals surface area contributed by atoms with Crippen LogP contribution in [0.5, 0.6) is 0 Å². The molecule has 0 aromatic carbocycles. The second-order valence-electron chi connectivity index (χ2n) is 4.49. The highest BCUT2D eigenvalue weighted by Crippen LogP contribution is 2.41. The fraction of sp³-hybridized carbons (Fsp3) is 0.636. The molecular formula is C11H15NO3. The van der Waals surface area contributed by atoms with Crippen LogP contribution in [-0.2, 0) is 9.59 Å². The molecule has 82 valence electrons. The van der Waals surface area contributed by atoms with Gasteiger partial charge in [0.25, 0.3) is 0 Å². The van der Waals surface area contributed by atoms with Gasteiger partial charge in [0.1, 0.15) is 0 Å². The molecule has 2 rings (SSSR count). The van der Waals surface area contributed by atoms with Gasteiger partial charge in [-0.25, -0.2) is 0 Å². The quantitative estimate of drug-likeness (QED) is 0.682. The molecule has 2 aliphatic rings. The maximum absolute atomic E-state index is 11.4. The van der Waals surface area contributed by atoms with Crippen LogP contribution in [0.4, 0.5) is 0 Å². The number of fused-ring (bicyclic) bond motifs is 2. The molecule has 1 N–H and O–H groups in total. The molecule has 2 fully saturated rings. The molecule has 0 radical (unpaired) electrons. The summed E-state index contributed by atoms with van der Waals surface area (Å²) in [6, 6.07) is 0. The van der Waals surface area contributed by atoms with Crippen molar-refractivity contribution in [2.75, 3.05) is 13.1 Å². The van der Waals surface area contributed by atoms with Crippen molar-refractivity contribution in [3.8, 4) is 0 Å². The van der Waals surface area contributed by atoms with Crippen LogP contribution in [0, 0.1) is 17.8 Å². The summed E-state index contributed by atoms with van der Waals surface area (Å²) in [6.07, 6.45) is 2.99. The van der Waals surface area contributed by atoms with Crippen LogP contribution in [0.1, 0.15) is 12.8 Å². The third kappa shape index (κ3) is 1.76. The second kappa shape index (κ2) is 3.68.